The summed E-state index contributed by atoms with van der Waals surface area (Å²) in [5.41, 5.74) is 11.4. The molecule has 0 aliphatic heterocycles. The van der Waals surface area contributed by atoms with Gasteiger partial charge in [0.15, 0.2) is 0 Å². The molecule has 0 aliphatic carbocycles. The molecule has 0 aliphatic rings. The molecule has 13 heavy (non-hydrogen) atoms. The standard InChI is InChI=1S/C9H15ClN2S/c10-9-5-4-8(13-9)7(12)3-1-2-6-11/h4-5,7H,1-3,6,11-12H2/t7-/m1/s1. The van der Waals surface area contributed by atoms with Crippen molar-refractivity contribution >= 4 is 22.9 Å². The molecule has 1 aromatic heterocycles. The second kappa shape index (κ2) is 5.60. The van der Waals surface area contributed by atoms with E-state index in [4.69, 9.17) is 23.1 Å². The molecule has 74 valence electrons. The molecule has 1 atom stereocenters. The van der Waals surface area contributed by atoms with Crippen LogP contribution in [0.15, 0.2) is 12.1 Å². The summed E-state index contributed by atoms with van der Waals surface area (Å²) >= 11 is 7.37. The number of unbranched alkanes of at least 4 members (excludes halogenated alkanes) is 1. The van der Waals surface area contributed by atoms with Crippen LogP contribution in [-0.4, -0.2) is 6.54 Å². The molecule has 1 rings (SSSR count). The fraction of sp³-hybridized carbons (Fsp3) is 0.556. The lowest BCUT2D eigenvalue weighted by atomic mass is 10.1. The predicted octanol–water partition coefficient (Wildman–Crippen LogP) is 2.53. The maximum Gasteiger partial charge on any atom is 0.0931 e. The smallest absolute Gasteiger partial charge is 0.0931 e. The fourth-order valence-electron chi connectivity index (χ4n) is 1.18. The average molecular weight is 219 g/mol. The first-order valence-corrected chi connectivity index (χ1v) is 5.64. The molecule has 0 saturated heterocycles. The van der Waals surface area contributed by atoms with E-state index in [1.165, 1.54) is 4.88 Å². The summed E-state index contributed by atoms with van der Waals surface area (Å²) in [4.78, 5) is 1.17. The van der Waals surface area contributed by atoms with Crippen molar-refractivity contribution in [3.63, 3.8) is 0 Å². The fourth-order valence-corrected chi connectivity index (χ4v) is 2.28. The SMILES string of the molecule is NCCCC[C@@H](N)c1ccc(Cl)s1. The highest BCUT2D eigenvalue weighted by Gasteiger charge is 2.07. The quantitative estimate of drug-likeness (QED) is 0.747. The Morgan fingerprint density at radius 1 is 1.38 bits per heavy atom. The first kappa shape index (κ1) is 11.0. The van der Waals surface area contributed by atoms with Crippen LogP contribution in [0.2, 0.25) is 4.34 Å². The van der Waals surface area contributed by atoms with Gasteiger partial charge in [-0.15, -0.1) is 11.3 Å². The first-order chi connectivity index (χ1) is 6.24. The molecular formula is C9H15ClN2S. The Morgan fingerprint density at radius 2 is 2.15 bits per heavy atom. The predicted molar refractivity (Wildman–Crippen MR) is 59.2 cm³/mol. The Labute approximate surface area is 87.9 Å². The molecule has 0 fully saturated rings. The number of hydrogen-bond donors (Lipinski definition) is 2. The Kier molecular flexibility index (Phi) is 4.73. The molecule has 1 aromatic rings. The molecular weight excluding hydrogens is 204 g/mol. The summed E-state index contributed by atoms with van der Waals surface area (Å²) in [5, 5.41) is 0. The third kappa shape index (κ3) is 3.65. The van der Waals surface area contributed by atoms with Crippen molar-refractivity contribution in [2.75, 3.05) is 6.54 Å². The third-order valence-electron chi connectivity index (χ3n) is 1.93. The van der Waals surface area contributed by atoms with E-state index in [9.17, 15) is 0 Å². The largest absolute Gasteiger partial charge is 0.330 e. The second-order valence-electron chi connectivity index (χ2n) is 3.03. The van der Waals surface area contributed by atoms with Crippen LogP contribution >= 0.6 is 22.9 Å². The van der Waals surface area contributed by atoms with Gasteiger partial charge in [-0.05, 0) is 31.5 Å². The van der Waals surface area contributed by atoms with Gasteiger partial charge in [-0.3, -0.25) is 0 Å². The molecule has 1 heterocycles. The molecule has 0 spiro atoms. The van der Waals surface area contributed by atoms with Crippen molar-refractivity contribution in [3.8, 4) is 0 Å². The minimum Gasteiger partial charge on any atom is -0.330 e. The highest BCUT2D eigenvalue weighted by atomic mass is 35.5. The molecule has 2 nitrogen and oxygen atoms in total. The van der Waals surface area contributed by atoms with Gasteiger partial charge in [0.2, 0.25) is 0 Å². The lowest BCUT2D eigenvalue weighted by molar-refractivity contribution is 0.598. The van der Waals surface area contributed by atoms with Crippen LogP contribution in [0.25, 0.3) is 0 Å². The lowest BCUT2D eigenvalue weighted by Crippen LogP contribution is -2.09. The third-order valence-corrected chi connectivity index (χ3v) is 3.29. The van der Waals surface area contributed by atoms with Gasteiger partial charge in [-0.1, -0.05) is 18.0 Å². The Morgan fingerprint density at radius 3 is 2.69 bits per heavy atom. The number of halogens is 1. The maximum atomic E-state index is 5.96. The van der Waals surface area contributed by atoms with E-state index >= 15 is 0 Å². The molecule has 0 aromatic carbocycles. The summed E-state index contributed by atoms with van der Waals surface area (Å²) in [5.74, 6) is 0. The Balaban J connectivity index is 2.35. The van der Waals surface area contributed by atoms with E-state index in [1.54, 1.807) is 11.3 Å². The Bertz CT molecular complexity index is 250. The topological polar surface area (TPSA) is 52.0 Å². The number of rotatable bonds is 5. The summed E-state index contributed by atoms with van der Waals surface area (Å²) in [6.45, 7) is 0.748. The molecule has 0 radical (unpaired) electrons. The zero-order chi connectivity index (χ0) is 9.68. The van der Waals surface area contributed by atoms with Crippen LogP contribution in [0.3, 0.4) is 0 Å². The van der Waals surface area contributed by atoms with E-state index < -0.39 is 0 Å². The summed E-state index contributed by atoms with van der Waals surface area (Å²) in [6, 6.07) is 4.02. The van der Waals surface area contributed by atoms with Gasteiger partial charge in [-0.2, -0.15) is 0 Å². The summed E-state index contributed by atoms with van der Waals surface area (Å²) in [7, 11) is 0. The molecule has 0 bridgehead atoms. The van der Waals surface area contributed by atoms with Crippen LogP contribution in [0.1, 0.15) is 30.2 Å². The van der Waals surface area contributed by atoms with Gasteiger partial charge in [0.05, 0.1) is 4.34 Å². The van der Waals surface area contributed by atoms with Crippen molar-refractivity contribution in [2.45, 2.75) is 25.3 Å². The van der Waals surface area contributed by atoms with Crippen molar-refractivity contribution in [2.24, 2.45) is 11.5 Å². The van der Waals surface area contributed by atoms with E-state index in [0.717, 1.165) is 30.1 Å². The maximum absolute atomic E-state index is 5.96. The van der Waals surface area contributed by atoms with E-state index in [-0.39, 0.29) is 6.04 Å². The highest BCUT2D eigenvalue weighted by molar-refractivity contribution is 7.16. The van der Waals surface area contributed by atoms with E-state index in [0.29, 0.717) is 0 Å². The summed E-state index contributed by atoms with van der Waals surface area (Å²) < 4.78 is 0.810. The second-order valence-corrected chi connectivity index (χ2v) is 4.78. The van der Waals surface area contributed by atoms with Crippen molar-refractivity contribution in [1.29, 1.82) is 0 Å². The number of hydrogen-bond acceptors (Lipinski definition) is 3. The zero-order valence-corrected chi connectivity index (χ0v) is 9.07. The van der Waals surface area contributed by atoms with Gasteiger partial charge in [0.25, 0.3) is 0 Å². The van der Waals surface area contributed by atoms with Crippen LogP contribution < -0.4 is 11.5 Å². The summed E-state index contributed by atoms with van der Waals surface area (Å²) in [6.07, 6.45) is 3.13. The average Bonchev–Trinajstić information content (AvgIpc) is 2.52. The minimum atomic E-state index is 0.129. The molecule has 0 saturated carbocycles. The van der Waals surface area contributed by atoms with Crippen LogP contribution in [0.5, 0.6) is 0 Å². The minimum absolute atomic E-state index is 0.129. The van der Waals surface area contributed by atoms with Crippen LogP contribution in [-0.2, 0) is 0 Å². The highest BCUT2D eigenvalue weighted by Crippen LogP contribution is 2.27. The molecule has 0 unspecified atom stereocenters. The van der Waals surface area contributed by atoms with Gasteiger partial charge < -0.3 is 11.5 Å². The van der Waals surface area contributed by atoms with Crippen LogP contribution in [0.4, 0.5) is 0 Å². The van der Waals surface area contributed by atoms with Crippen LogP contribution in [0, 0.1) is 0 Å². The van der Waals surface area contributed by atoms with Gasteiger partial charge in [0, 0.05) is 10.9 Å². The first-order valence-electron chi connectivity index (χ1n) is 4.45. The lowest BCUT2D eigenvalue weighted by Gasteiger charge is -2.07. The number of thiophene rings is 1. The van der Waals surface area contributed by atoms with Gasteiger partial charge >= 0.3 is 0 Å². The van der Waals surface area contributed by atoms with Crippen molar-refractivity contribution in [1.82, 2.24) is 0 Å². The molecule has 4 heteroatoms. The normalized spacial score (nSPS) is 13.2. The van der Waals surface area contributed by atoms with Gasteiger partial charge in [-0.25, -0.2) is 0 Å². The van der Waals surface area contributed by atoms with Crippen molar-refractivity contribution in [3.05, 3.63) is 21.3 Å². The van der Waals surface area contributed by atoms with E-state index in [2.05, 4.69) is 0 Å². The molecule has 4 N–H and O–H groups in total. The zero-order valence-electron chi connectivity index (χ0n) is 7.50. The monoisotopic (exact) mass is 218 g/mol. The molecule has 0 amide bonds. The van der Waals surface area contributed by atoms with E-state index in [1.807, 2.05) is 12.1 Å². The van der Waals surface area contributed by atoms with Gasteiger partial charge in [0.1, 0.15) is 0 Å². The number of nitrogens with two attached hydrogens (primary N) is 2. The Hall–Kier alpha value is -0.0900. The van der Waals surface area contributed by atoms with Crippen molar-refractivity contribution < 1.29 is 0 Å².